The zero-order valence-electron chi connectivity index (χ0n) is 13.8. The summed E-state index contributed by atoms with van der Waals surface area (Å²) in [7, 11) is 2.00. The van der Waals surface area contributed by atoms with E-state index >= 15 is 0 Å². The van der Waals surface area contributed by atoms with Gasteiger partial charge in [0.2, 0.25) is 0 Å². The van der Waals surface area contributed by atoms with Gasteiger partial charge in [0.25, 0.3) is 0 Å². The Morgan fingerprint density at radius 3 is 2.65 bits per heavy atom. The van der Waals surface area contributed by atoms with E-state index in [-0.39, 0.29) is 6.61 Å². The van der Waals surface area contributed by atoms with Gasteiger partial charge in [-0.3, -0.25) is 0 Å². The molecule has 1 aromatic heterocycles. The molecule has 1 N–H and O–H groups in total. The van der Waals surface area contributed by atoms with E-state index in [0.717, 1.165) is 27.9 Å². The molecule has 0 amide bonds. The van der Waals surface area contributed by atoms with Crippen molar-refractivity contribution in [2.24, 2.45) is 7.05 Å². The Bertz CT molecular complexity index is 662. The van der Waals surface area contributed by atoms with Gasteiger partial charge in [-0.05, 0) is 37.8 Å². The molecule has 0 radical (unpaired) electrons. The average molecular weight is 333 g/mol. The minimum absolute atomic E-state index is 0.284. The van der Waals surface area contributed by atoms with Gasteiger partial charge in [-0.2, -0.15) is 0 Å². The van der Waals surface area contributed by atoms with Gasteiger partial charge in [0.05, 0.1) is 6.10 Å². The minimum Gasteiger partial charge on any atom is -0.490 e. The van der Waals surface area contributed by atoms with Gasteiger partial charge in [-0.15, -0.1) is 10.2 Å². The maximum absolute atomic E-state index is 10.2. The lowest BCUT2D eigenvalue weighted by Crippen LogP contribution is -2.21. The maximum Gasteiger partial charge on any atom is 0.191 e. The summed E-state index contributed by atoms with van der Waals surface area (Å²) in [5.74, 6) is 3.06. The number of nitrogens with zero attached hydrogens (tertiary/aromatic N) is 3. The van der Waals surface area contributed by atoms with Crippen LogP contribution in [0.2, 0.25) is 0 Å². The predicted molar refractivity (Wildman–Crippen MR) is 91.1 cm³/mol. The Morgan fingerprint density at radius 2 is 2.00 bits per heavy atom. The second-order valence-corrected chi connectivity index (χ2v) is 7.16. The maximum atomic E-state index is 10.2. The molecule has 0 aliphatic heterocycles. The van der Waals surface area contributed by atoms with Crippen molar-refractivity contribution >= 4 is 11.8 Å². The highest BCUT2D eigenvalue weighted by atomic mass is 32.2. The van der Waals surface area contributed by atoms with Crippen LogP contribution in [-0.2, 0) is 7.05 Å². The van der Waals surface area contributed by atoms with E-state index in [1.54, 1.807) is 0 Å². The standard InChI is InChI=1S/C17H23N3O2S/c1-11-5-4-6-12(2)15(11)22-9-14(21)10-23-17-19-18-16(20(17)3)13-7-8-13/h4-6,13-14,21H,7-10H2,1-3H3/t14-/m1/s1. The van der Waals surface area contributed by atoms with Crippen LogP contribution in [0.1, 0.15) is 35.7 Å². The van der Waals surface area contributed by atoms with E-state index in [4.69, 9.17) is 4.74 Å². The number of aliphatic hydroxyl groups is 1. The van der Waals surface area contributed by atoms with E-state index in [1.165, 1.54) is 24.6 Å². The molecule has 3 rings (SSSR count). The van der Waals surface area contributed by atoms with Gasteiger partial charge < -0.3 is 14.4 Å². The fourth-order valence-corrected chi connectivity index (χ4v) is 3.40. The molecular formula is C17H23N3O2S. The number of hydrogen-bond acceptors (Lipinski definition) is 5. The van der Waals surface area contributed by atoms with E-state index in [1.807, 2.05) is 43.7 Å². The summed E-state index contributed by atoms with van der Waals surface area (Å²) in [5, 5.41) is 19.5. The van der Waals surface area contributed by atoms with Gasteiger partial charge >= 0.3 is 0 Å². The monoisotopic (exact) mass is 333 g/mol. The third-order valence-corrected chi connectivity index (χ3v) is 5.21. The molecule has 1 saturated carbocycles. The van der Waals surface area contributed by atoms with E-state index in [2.05, 4.69) is 10.2 Å². The van der Waals surface area contributed by atoms with Crippen LogP contribution in [-0.4, -0.2) is 38.3 Å². The summed E-state index contributed by atoms with van der Waals surface area (Å²) in [6.07, 6.45) is 1.88. The number of rotatable bonds is 7. The first-order chi connectivity index (χ1) is 11.1. The quantitative estimate of drug-likeness (QED) is 0.790. The molecule has 1 aromatic carbocycles. The number of ether oxygens (including phenoxy) is 1. The van der Waals surface area contributed by atoms with Crippen molar-refractivity contribution in [1.29, 1.82) is 0 Å². The van der Waals surface area contributed by atoms with Gasteiger partial charge in [0.1, 0.15) is 18.2 Å². The summed E-state index contributed by atoms with van der Waals surface area (Å²) in [4.78, 5) is 0. The summed E-state index contributed by atoms with van der Waals surface area (Å²) in [5.41, 5.74) is 2.18. The summed E-state index contributed by atoms with van der Waals surface area (Å²) in [6.45, 7) is 4.32. The molecule has 124 valence electrons. The molecular weight excluding hydrogens is 310 g/mol. The number of aryl methyl sites for hydroxylation is 2. The first-order valence-corrected chi connectivity index (χ1v) is 8.94. The second kappa shape index (κ2) is 6.93. The van der Waals surface area contributed by atoms with Crippen LogP contribution in [0.3, 0.4) is 0 Å². The van der Waals surface area contributed by atoms with Gasteiger partial charge in [-0.1, -0.05) is 30.0 Å². The van der Waals surface area contributed by atoms with Crippen LogP contribution in [0, 0.1) is 13.8 Å². The zero-order chi connectivity index (χ0) is 16.4. The fourth-order valence-electron chi connectivity index (χ4n) is 2.57. The first-order valence-electron chi connectivity index (χ1n) is 7.95. The van der Waals surface area contributed by atoms with Crippen LogP contribution in [0.4, 0.5) is 0 Å². The fraction of sp³-hybridized carbons (Fsp3) is 0.529. The van der Waals surface area contributed by atoms with E-state index in [0.29, 0.717) is 11.7 Å². The van der Waals surface area contributed by atoms with Crippen molar-refractivity contribution in [3.8, 4) is 5.75 Å². The lowest BCUT2D eigenvalue weighted by molar-refractivity contribution is 0.125. The molecule has 23 heavy (non-hydrogen) atoms. The van der Waals surface area contributed by atoms with Gasteiger partial charge in [-0.25, -0.2) is 0 Å². The molecule has 1 aliphatic rings. The molecule has 1 heterocycles. The molecule has 1 fully saturated rings. The van der Waals surface area contributed by atoms with Crippen LogP contribution in [0.15, 0.2) is 23.4 Å². The Balaban J connectivity index is 1.51. The third-order valence-electron chi connectivity index (χ3n) is 4.04. The first kappa shape index (κ1) is 16.3. The highest BCUT2D eigenvalue weighted by Gasteiger charge is 2.29. The number of thioether (sulfide) groups is 1. The Morgan fingerprint density at radius 1 is 1.30 bits per heavy atom. The molecule has 0 saturated heterocycles. The molecule has 2 aromatic rings. The highest BCUT2D eigenvalue weighted by molar-refractivity contribution is 7.99. The van der Waals surface area contributed by atoms with Crippen molar-refractivity contribution in [2.45, 2.75) is 43.9 Å². The smallest absolute Gasteiger partial charge is 0.191 e. The third kappa shape index (κ3) is 3.87. The van der Waals surface area contributed by atoms with Crippen molar-refractivity contribution in [2.75, 3.05) is 12.4 Å². The molecule has 0 spiro atoms. The number of hydrogen-bond donors (Lipinski definition) is 1. The van der Waals surface area contributed by atoms with Crippen LogP contribution < -0.4 is 4.74 Å². The molecule has 0 bridgehead atoms. The Kier molecular flexibility index (Phi) is 4.92. The summed E-state index contributed by atoms with van der Waals surface area (Å²) in [6, 6.07) is 6.04. The normalized spacial score (nSPS) is 15.7. The van der Waals surface area contributed by atoms with Gasteiger partial charge in [0, 0.05) is 18.7 Å². The van der Waals surface area contributed by atoms with Crippen molar-refractivity contribution < 1.29 is 9.84 Å². The van der Waals surface area contributed by atoms with E-state index in [9.17, 15) is 5.11 Å². The van der Waals surface area contributed by atoms with Crippen LogP contribution in [0.5, 0.6) is 5.75 Å². The molecule has 0 unspecified atom stereocenters. The van der Waals surface area contributed by atoms with E-state index < -0.39 is 6.10 Å². The lowest BCUT2D eigenvalue weighted by Gasteiger charge is -2.15. The highest BCUT2D eigenvalue weighted by Crippen LogP contribution is 2.39. The van der Waals surface area contributed by atoms with Crippen LogP contribution >= 0.6 is 11.8 Å². The molecule has 5 nitrogen and oxygen atoms in total. The molecule has 1 atom stereocenters. The second-order valence-electron chi connectivity index (χ2n) is 6.17. The Hall–Kier alpha value is -1.53. The molecule has 1 aliphatic carbocycles. The number of para-hydroxylation sites is 1. The van der Waals surface area contributed by atoms with Crippen molar-refractivity contribution in [3.63, 3.8) is 0 Å². The number of benzene rings is 1. The number of aromatic nitrogens is 3. The average Bonchev–Trinajstić information content (AvgIpc) is 3.29. The summed E-state index contributed by atoms with van der Waals surface area (Å²) >= 11 is 1.52. The van der Waals surface area contributed by atoms with Crippen molar-refractivity contribution in [1.82, 2.24) is 14.8 Å². The predicted octanol–water partition coefficient (Wildman–Crippen LogP) is 2.84. The summed E-state index contributed by atoms with van der Waals surface area (Å²) < 4.78 is 7.84. The van der Waals surface area contributed by atoms with Crippen LogP contribution in [0.25, 0.3) is 0 Å². The molecule has 6 heteroatoms. The minimum atomic E-state index is -0.542. The lowest BCUT2D eigenvalue weighted by atomic mass is 10.1. The zero-order valence-corrected chi connectivity index (χ0v) is 14.6. The van der Waals surface area contributed by atoms with Gasteiger partial charge in [0.15, 0.2) is 5.16 Å². The SMILES string of the molecule is Cc1cccc(C)c1OC[C@@H](O)CSc1nnc(C2CC2)n1C. The van der Waals surface area contributed by atoms with Crippen molar-refractivity contribution in [3.05, 3.63) is 35.2 Å². The number of aliphatic hydroxyl groups excluding tert-OH is 1. The largest absolute Gasteiger partial charge is 0.490 e. The topological polar surface area (TPSA) is 60.2 Å². The Labute approximate surface area is 141 Å².